The van der Waals surface area contributed by atoms with Crippen LogP contribution in [-0.2, 0) is 35.1 Å². The van der Waals surface area contributed by atoms with Gasteiger partial charge in [0, 0.05) is 54.2 Å². The van der Waals surface area contributed by atoms with Gasteiger partial charge < -0.3 is 20.1 Å². The third-order valence-electron chi connectivity index (χ3n) is 11.6. The van der Waals surface area contributed by atoms with Gasteiger partial charge in [0.05, 0.1) is 6.42 Å². The number of allylic oxidation sites excluding steroid dienone is 1. The van der Waals surface area contributed by atoms with Crippen molar-refractivity contribution in [2.24, 2.45) is 28.6 Å². The predicted octanol–water partition coefficient (Wildman–Crippen LogP) is 4.16. The molecule has 2 aromatic rings. The predicted molar refractivity (Wildman–Crippen MR) is 162 cm³/mol. The number of aromatic nitrogens is 1. The lowest BCUT2D eigenvalue weighted by Gasteiger charge is -2.57. The van der Waals surface area contributed by atoms with Crippen LogP contribution in [0.5, 0.6) is 0 Å². The molecule has 0 saturated heterocycles. The van der Waals surface area contributed by atoms with E-state index in [1.807, 2.05) is 37.4 Å². The summed E-state index contributed by atoms with van der Waals surface area (Å²) < 4.78 is 5.24. The van der Waals surface area contributed by atoms with Crippen molar-refractivity contribution in [3.8, 4) is 0 Å². The zero-order valence-electron chi connectivity index (χ0n) is 25.6. The number of para-hydroxylation sites is 1. The fourth-order valence-corrected chi connectivity index (χ4v) is 9.16. The molecule has 4 aliphatic carbocycles. The van der Waals surface area contributed by atoms with E-state index in [0.717, 1.165) is 34.9 Å². The molecule has 1 amide bonds. The van der Waals surface area contributed by atoms with Gasteiger partial charge in [-0.15, -0.1) is 0 Å². The SMILES string of the molecule is C[C@]12CCC(=O)C=C1CCC1C2C(=O)C[C@@]2(C)C1CC[C@]2(O)C(=O)COC(=O)CCC(=O)NCCc1c[nH]c2ccccc12. The quantitative estimate of drug-likeness (QED) is 0.366. The zero-order valence-corrected chi connectivity index (χ0v) is 25.6. The lowest BCUT2D eigenvalue weighted by molar-refractivity contribution is -0.173. The third kappa shape index (κ3) is 5.03. The Morgan fingerprint density at radius 2 is 1.86 bits per heavy atom. The number of hydrogen-bond donors (Lipinski definition) is 3. The number of amides is 1. The number of carbonyl (C=O) groups is 5. The molecular weight excluding hydrogens is 560 g/mol. The number of rotatable bonds is 9. The topological polar surface area (TPSA) is 143 Å². The van der Waals surface area contributed by atoms with Crippen molar-refractivity contribution in [2.75, 3.05) is 13.2 Å². The van der Waals surface area contributed by atoms with Crippen LogP contribution in [0.3, 0.4) is 0 Å². The van der Waals surface area contributed by atoms with Crippen LogP contribution in [0.25, 0.3) is 10.9 Å². The van der Waals surface area contributed by atoms with E-state index >= 15 is 0 Å². The molecule has 3 fully saturated rings. The van der Waals surface area contributed by atoms with Gasteiger partial charge in [0.15, 0.2) is 12.4 Å². The highest BCUT2D eigenvalue weighted by molar-refractivity contribution is 5.95. The standard InChI is InChI=1S/C35H42N2O7/c1-33-14-11-23(38)17-22(33)7-8-25-26-12-15-35(43,34(26,2)18-28(39)32(25)33)29(40)20-44-31(42)10-9-30(41)36-16-13-21-19-37-27-6-4-3-5-24(21)27/h3-6,17,19,25-26,32,37,43H,7-16,18,20H2,1-2H3,(H,36,41)/t25?,26?,32?,33-,34-,35-/m0/s1. The van der Waals surface area contributed by atoms with Crippen molar-refractivity contribution in [3.63, 3.8) is 0 Å². The van der Waals surface area contributed by atoms with Gasteiger partial charge >= 0.3 is 5.97 Å². The smallest absolute Gasteiger partial charge is 0.306 e. The maximum absolute atomic E-state index is 13.8. The van der Waals surface area contributed by atoms with Crippen molar-refractivity contribution in [1.29, 1.82) is 0 Å². The molecule has 6 rings (SSSR count). The van der Waals surface area contributed by atoms with Gasteiger partial charge in [0.25, 0.3) is 0 Å². The summed E-state index contributed by atoms with van der Waals surface area (Å²) in [5.41, 5.74) is 0.151. The Kier molecular flexibility index (Phi) is 7.89. The lowest BCUT2D eigenvalue weighted by atomic mass is 9.46. The van der Waals surface area contributed by atoms with E-state index in [2.05, 4.69) is 17.2 Å². The number of Topliss-reactive ketones (excluding diaryl/α,β-unsaturated/α-hetero) is 2. The van der Waals surface area contributed by atoms with Gasteiger partial charge in [-0.05, 0) is 73.5 Å². The Balaban J connectivity index is 1.01. The molecule has 3 unspecified atom stereocenters. The van der Waals surface area contributed by atoms with Gasteiger partial charge in [-0.1, -0.05) is 37.6 Å². The highest BCUT2D eigenvalue weighted by Gasteiger charge is 2.68. The molecule has 44 heavy (non-hydrogen) atoms. The number of esters is 1. The summed E-state index contributed by atoms with van der Waals surface area (Å²) >= 11 is 0. The van der Waals surface area contributed by atoms with Crippen molar-refractivity contribution in [3.05, 3.63) is 47.7 Å². The van der Waals surface area contributed by atoms with Crippen molar-refractivity contribution in [2.45, 2.75) is 83.7 Å². The first-order valence-electron chi connectivity index (χ1n) is 16.0. The Morgan fingerprint density at radius 1 is 1.07 bits per heavy atom. The first-order chi connectivity index (χ1) is 21.0. The number of H-pyrrole nitrogens is 1. The summed E-state index contributed by atoms with van der Waals surface area (Å²) in [4.78, 5) is 67.3. The molecular formula is C35H42N2O7. The number of nitrogens with one attached hydrogen (secondary N) is 2. The van der Waals surface area contributed by atoms with E-state index in [1.165, 1.54) is 0 Å². The van der Waals surface area contributed by atoms with Gasteiger partial charge in [-0.3, -0.25) is 24.0 Å². The minimum Gasteiger partial charge on any atom is -0.458 e. The number of aromatic amines is 1. The second-order valence-corrected chi connectivity index (χ2v) is 13.8. The van der Waals surface area contributed by atoms with Crippen LogP contribution in [0, 0.1) is 28.6 Å². The second kappa shape index (κ2) is 11.4. The van der Waals surface area contributed by atoms with Crippen LogP contribution in [0.1, 0.15) is 77.2 Å². The molecule has 6 atom stereocenters. The molecule has 0 aliphatic heterocycles. The van der Waals surface area contributed by atoms with E-state index in [-0.39, 0.29) is 66.3 Å². The number of fused-ring (bicyclic) bond motifs is 6. The summed E-state index contributed by atoms with van der Waals surface area (Å²) in [6.07, 6.45) is 7.62. The molecule has 234 valence electrons. The average Bonchev–Trinajstić information content (AvgIpc) is 3.53. The molecule has 0 radical (unpaired) electrons. The Morgan fingerprint density at radius 3 is 2.68 bits per heavy atom. The normalized spacial score (nSPS) is 32.8. The van der Waals surface area contributed by atoms with Gasteiger partial charge in [0.1, 0.15) is 11.4 Å². The van der Waals surface area contributed by atoms with E-state index in [1.54, 1.807) is 6.08 Å². The summed E-state index contributed by atoms with van der Waals surface area (Å²) in [6, 6.07) is 7.94. The molecule has 0 bridgehead atoms. The third-order valence-corrected chi connectivity index (χ3v) is 11.6. The fourth-order valence-electron chi connectivity index (χ4n) is 9.16. The monoisotopic (exact) mass is 602 g/mol. The second-order valence-electron chi connectivity index (χ2n) is 13.8. The summed E-state index contributed by atoms with van der Waals surface area (Å²) in [5, 5.41) is 15.7. The maximum Gasteiger partial charge on any atom is 0.306 e. The van der Waals surface area contributed by atoms with Gasteiger partial charge in [-0.25, -0.2) is 0 Å². The Bertz CT molecular complexity index is 1560. The highest BCUT2D eigenvalue weighted by Crippen LogP contribution is 2.66. The number of aliphatic hydroxyl groups is 1. The molecule has 1 aromatic carbocycles. The van der Waals surface area contributed by atoms with E-state index < -0.39 is 29.4 Å². The van der Waals surface area contributed by atoms with Crippen molar-refractivity contribution in [1.82, 2.24) is 10.3 Å². The highest BCUT2D eigenvalue weighted by atomic mass is 16.5. The van der Waals surface area contributed by atoms with E-state index in [4.69, 9.17) is 4.74 Å². The number of carbonyl (C=O) groups excluding carboxylic acids is 5. The largest absolute Gasteiger partial charge is 0.458 e. The molecule has 3 saturated carbocycles. The lowest BCUT2D eigenvalue weighted by Crippen LogP contribution is -2.61. The van der Waals surface area contributed by atoms with Crippen LogP contribution in [0.15, 0.2) is 42.1 Å². The van der Waals surface area contributed by atoms with Crippen LogP contribution < -0.4 is 5.32 Å². The Hall–Kier alpha value is -3.59. The molecule has 9 heteroatoms. The average molecular weight is 603 g/mol. The van der Waals surface area contributed by atoms with E-state index in [0.29, 0.717) is 32.2 Å². The molecule has 9 nitrogen and oxygen atoms in total. The summed E-state index contributed by atoms with van der Waals surface area (Å²) in [5.74, 6) is -1.56. The van der Waals surface area contributed by atoms with Crippen LogP contribution in [0.2, 0.25) is 0 Å². The number of ether oxygens (including phenoxy) is 1. The molecule has 0 spiro atoms. The van der Waals surface area contributed by atoms with Crippen molar-refractivity contribution >= 4 is 40.1 Å². The first-order valence-corrected chi connectivity index (χ1v) is 16.0. The van der Waals surface area contributed by atoms with Crippen LogP contribution >= 0.6 is 0 Å². The number of hydrogen-bond acceptors (Lipinski definition) is 7. The Labute approximate surface area is 257 Å². The fraction of sp³-hybridized carbons (Fsp3) is 0.571. The molecule has 1 heterocycles. The first kappa shape index (κ1) is 30.4. The number of benzene rings is 1. The maximum atomic E-state index is 13.8. The molecule has 3 N–H and O–H groups in total. The van der Waals surface area contributed by atoms with Crippen LogP contribution in [-0.4, -0.2) is 58.1 Å². The minimum atomic E-state index is -1.77. The zero-order chi connectivity index (χ0) is 31.3. The molecule has 4 aliphatic rings. The van der Waals surface area contributed by atoms with Gasteiger partial charge in [-0.2, -0.15) is 0 Å². The van der Waals surface area contributed by atoms with E-state index in [9.17, 15) is 29.1 Å². The molecule has 1 aromatic heterocycles. The van der Waals surface area contributed by atoms with Gasteiger partial charge in [0.2, 0.25) is 11.7 Å². The summed E-state index contributed by atoms with van der Waals surface area (Å²) in [6.45, 7) is 3.79. The van der Waals surface area contributed by atoms with Crippen molar-refractivity contribution < 1.29 is 33.8 Å². The van der Waals surface area contributed by atoms with Crippen LogP contribution in [0.4, 0.5) is 0 Å². The minimum absolute atomic E-state index is 0.0150. The number of ketones is 3. The summed E-state index contributed by atoms with van der Waals surface area (Å²) in [7, 11) is 0.